The second kappa shape index (κ2) is 12.3. The standard InChI is InChI=1S/C25H31FN4OS/c1-4-5-6-7-8-9-16-31-24-18-27-25(32-24)19-10-15-23(22(26)17-19)29-28-20-11-13-21(14-12-20)30(2)3/h10-15,17-18H,4-9,16H2,1-3H3. The number of nitrogens with zero attached hydrogens (tertiary/aromatic N) is 4. The molecule has 0 saturated carbocycles. The molecule has 3 aromatic rings. The largest absolute Gasteiger partial charge is 0.483 e. The number of anilines is 1. The van der Waals surface area contributed by atoms with Crippen LogP contribution in [0.5, 0.6) is 5.06 Å². The highest BCUT2D eigenvalue weighted by Crippen LogP contribution is 2.33. The Morgan fingerprint density at radius 3 is 2.44 bits per heavy atom. The first kappa shape index (κ1) is 23.9. The number of rotatable bonds is 12. The van der Waals surface area contributed by atoms with Gasteiger partial charge in [-0.25, -0.2) is 9.37 Å². The molecule has 170 valence electrons. The van der Waals surface area contributed by atoms with Crippen molar-refractivity contribution in [3.05, 3.63) is 54.5 Å². The number of aromatic nitrogens is 1. The van der Waals surface area contributed by atoms with Gasteiger partial charge in [-0.2, -0.15) is 5.11 Å². The average Bonchev–Trinajstić information content (AvgIpc) is 3.27. The second-order valence-corrected chi connectivity index (χ2v) is 8.87. The van der Waals surface area contributed by atoms with Crippen molar-refractivity contribution in [1.29, 1.82) is 0 Å². The van der Waals surface area contributed by atoms with Gasteiger partial charge in [0.05, 0.1) is 18.5 Å². The number of hydrogen-bond acceptors (Lipinski definition) is 6. The van der Waals surface area contributed by atoms with Crippen LogP contribution in [-0.4, -0.2) is 25.7 Å². The zero-order chi connectivity index (χ0) is 22.8. The molecule has 0 spiro atoms. The van der Waals surface area contributed by atoms with Crippen LogP contribution < -0.4 is 9.64 Å². The molecule has 5 nitrogen and oxygen atoms in total. The van der Waals surface area contributed by atoms with Gasteiger partial charge in [-0.05, 0) is 48.9 Å². The Kier molecular flexibility index (Phi) is 9.16. The van der Waals surface area contributed by atoms with E-state index in [0.717, 1.165) is 22.2 Å². The predicted molar refractivity (Wildman–Crippen MR) is 131 cm³/mol. The van der Waals surface area contributed by atoms with Gasteiger partial charge in [0.25, 0.3) is 0 Å². The van der Waals surface area contributed by atoms with Crippen molar-refractivity contribution in [2.45, 2.75) is 45.4 Å². The van der Waals surface area contributed by atoms with Crippen molar-refractivity contribution in [1.82, 2.24) is 4.98 Å². The van der Waals surface area contributed by atoms with Crippen molar-refractivity contribution < 1.29 is 9.13 Å². The summed E-state index contributed by atoms with van der Waals surface area (Å²) >= 11 is 1.43. The fourth-order valence-electron chi connectivity index (χ4n) is 3.16. The molecule has 7 heteroatoms. The van der Waals surface area contributed by atoms with Gasteiger partial charge in [-0.3, -0.25) is 0 Å². The summed E-state index contributed by atoms with van der Waals surface area (Å²) in [4.78, 5) is 6.38. The Hall–Kier alpha value is -2.80. The minimum atomic E-state index is -0.430. The Morgan fingerprint density at radius 2 is 1.72 bits per heavy atom. The van der Waals surface area contributed by atoms with Crippen LogP contribution in [0.2, 0.25) is 0 Å². The Morgan fingerprint density at radius 1 is 0.969 bits per heavy atom. The van der Waals surface area contributed by atoms with E-state index in [9.17, 15) is 4.39 Å². The molecule has 0 aliphatic carbocycles. The number of ether oxygens (including phenoxy) is 1. The van der Waals surface area contributed by atoms with E-state index in [4.69, 9.17) is 4.74 Å². The van der Waals surface area contributed by atoms with Crippen LogP contribution in [0.25, 0.3) is 10.6 Å². The summed E-state index contributed by atoms with van der Waals surface area (Å²) in [6, 6.07) is 12.5. The van der Waals surface area contributed by atoms with Gasteiger partial charge in [0.15, 0.2) is 10.9 Å². The van der Waals surface area contributed by atoms with E-state index >= 15 is 0 Å². The molecule has 1 heterocycles. The maximum Gasteiger partial charge on any atom is 0.194 e. The second-order valence-electron chi connectivity index (χ2n) is 7.88. The van der Waals surface area contributed by atoms with Crippen molar-refractivity contribution in [3.63, 3.8) is 0 Å². The van der Waals surface area contributed by atoms with Gasteiger partial charge < -0.3 is 9.64 Å². The molecule has 0 radical (unpaired) electrons. The highest BCUT2D eigenvalue weighted by atomic mass is 32.1. The van der Waals surface area contributed by atoms with Gasteiger partial charge in [0.1, 0.15) is 10.7 Å². The zero-order valence-electron chi connectivity index (χ0n) is 19.1. The van der Waals surface area contributed by atoms with Gasteiger partial charge in [0.2, 0.25) is 0 Å². The Balaban J connectivity index is 1.54. The normalized spacial score (nSPS) is 11.2. The number of hydrogen-bond donors (Lipinski definition) is 0. The van der Waals surface area contributed by atoms with Crippen LogP contribution in [-0.2, 0) is 0 Å². The molecular formula is C25H31FN4OS. The summed E-state index contributed by atoms with van der Waals surface area (Å²) in [5, 5.41) is 9.69. The smallest absolute Gasteiger partial charge is 0.194 e. The quantitative estimate of drug-likeness (QED) is 0.205. The van der Waals surface area contributed by atoms with E-state index in [1.165, 1.54) is 49.5 Å². The fraction of sp³-hybridized carbons (Fsp3) is 0.400. The summed E-state index contributed by atoms with van der Waals surface area (Å²) in [6.07, 6.45) is 9.06. The number of thiazole rings is 1. The number of azo groups is 1. The van der Waals surface area contributed by atoms with Crippen LogP contribution in [0.15, 0.2) is 58.9 Å². The molecule has 0 amide bonds. The predicted octanol–water partition coefficient (Wildman–Crippen LogP) is 8.17. The lowest BCUT2D eigenvalue weighted by Gasteiger charge is -2.11. The van der Waals surface area contributed by atoms with E-state index in [1.54, 1.807) is 12.3 Å². The summed E-state index contributed by atoms with van der Waals surface area (Å²) in [5.74, 6) is -0.430. The Bertz CT molecular complexity index is 1000. The fourth-order valence-corrected chi connectivity index (χ4v) is 3.95. The molecule has 1 aromatic heterocycles. The molecule has 0 bridgehead atoms. The van der Waals surface area contributed by atoms with Gasteiger partial charge in [-0.1, -0.05) is 50.4 Å². The minimum Gasteiger partial charge on any atom is -0.483 e. The number of unbranched alkanes of at least 4 members (excludes halogenated alkanes) is 5. The highest BCUT2D eigenvalue weighted by Gasteiger charge is 2.09. The topological polar surface area (TPSA) is 50.1 Å². The summed E-state index contributed by atoms with van der Waals surface area (Å²) in [5.41, 5.74) is 2.64. The maximum absolute atomic E-state index is 14.6. The Labute approximate surface area is 194 Å². The van der Waals surface area contributed by atoms with Crippen molar-refractivity contribution >= 4 is 28.4 Å². The first-order chi connectivity index (χ1) is 15.6. The summed E-state index contributed by atoms with van der Waals surface area (Å²) in [7, 11) is 3.95. The van der Waals surface area contributed by atoms with Gasteiger partial charge in [-0.15, -0.1) is 5.11 Å². The first-order valence-corrected chi connectivity index (χ1v) is 12.0. The first-order valence-electron chi connectivity index (χ1n) is 11.1. The average molecular weight is 455 g/mol. The van der Waals surface area contributed by atoms with E-state index in [1.807, 2.05) is 49.3 Å². The molecule has 0 aliphatic rings. The van der Waals surface area contributed by atoms with Gasteiger partial charge >= 0.3 is 0 Å². The third-order valence-electron chi connectivity index (χ3n) is 5.06. The summed E-state index contributed by atoms with van der Waals surface area (Å²) < 4.78 is 20.4. The summed E-state index contributed by atoms with van der Waals surface area (Å²) in [6.45, 7) is 2.91. The SMILES string of the molecule is CCCCCCCCOc1cnc(-c2ccc(N=Nc3ccc(N(C)C)cc3)c(F)c2)s1. The number of halogens is 1. The highest BCUT2D eigenvalue weighted by molar-refractivity contribution is 7.16. The molecular weight excluding hydrogens is 423 g/mol. The lowest BCUT2D eigenvalue weighted by molar-refractivity contribution is 0.312. The van der Waals surface area contributed by atoms with E-state index in [2.05, 4.69) is 22.1 Å². The zero-order valence-corrected chi connectivity index (χ0v) is 19.9. The van der Waals surface area contributed by atoms with Crippen LogP contribution in [0.3, 0.4) is 0 Å². The third-order valence-corrected chi connectivity index (χ3v) is 6.02. The molecule has 32 heavy (non-hydrogen) atoms. The molecule has 0 saturated heterocycles. The van der Waals surface area contributed by atoms with E-state index in [-0.39, 0.29) is 5.69 Å². The van der Waals surface area contributed by atoms with Crippen LogP contribution in [0, 0.1) is 5.82 Å². The van der Waals surface area contributed by atoms with Crippen LogP contribution in [0.1, 0.15) is 45.4 Å². The number of benzene rings is 2. The van der Waals surface area contributed by atoms with Gasteiger partial charge in [0, 0.05) is 25.3 Å². The van der Waals surface area contributed by atoms with Crippen molar-refractivity contribution in [2.24, 2.45) is 10.2 Å². The lowest BCUT2D eigenvalue weighted by atomic mass is 10.1. The third kappa shape index (κ3) is 7.12. The van der Waals surface area contributed by atoms with Crippen LogP contribution in [0.4, 0.5) is 21.5 Å². The van der Waals surface area contributed by atoms with Crippen molar-refractivity contribution in [2.75, 3.05) is 25.6 Å². The van der Waals surface area contributed by atoms with Crippen molar-refractivity contribution in [3.8, 4) is 15.6 Å². The molecule has 0 fully saturated rings. The van der Waals surface area contributed by atoms with E-state index < -0.39 is 5.82 Å². The molecule has 0 atom stereocenters. The molecule has 0 aliphatic heterocycles. The maximum atomic E-state index is 14.6. The lowest BCUT2D eigenvalue weighted by Crippen LogP contribution is -2.07. The van der Waals surface area contributed by atoms with Crippen LogP contribution >= 0.6 is 11.3 Å². The molecule has 0 unspecified atom stereocenters. The molecule has 2 aromatic carbocycles. The minimum absolute atomic E-state index is 0.196. The molecule has 0 N–H and O–H groups in total. The van der Waals surface area contributed by atoms with E-state index in [0.29, 0.717) is 17.9 Å². The molecule has 3 rings (SSSR count). The monoisotopic (exact) mass is 454 g/mol.